The van der Waals surface area contributed by atoms with Crippen molar-refractivity contribution in [1.29, 1.82) is 0 Å². The van der Waals surface area contributed by atoms with Crippen LogP contribution in [0.15, 0.2) is 48.5 Å². The van der Waals surface area contributed by atoms with E-state index in [2.05, 4.69) is 72.8 Å². The number of hydrogen-bond donors (Lipinski definition) is 1. The topological polar surface area (TPSA) is 15.3 Å². The zero-order valence-electron chi connectivity index (χ0n) is 11.6. The highest BCUT2D eigenvalue weighted by atomic mass is 15.1. The highest BCUT2D eigenvalue weighted by Gasteiger charge is 2.20. The van der Waals surface area contributed by atoms with Crippen molar-refractivity contribution >= 4 is 11.4 Å². The molecular weight excluding hydrogens is 232 g/mol. The van der Waals surface area contributed by atoms with Crippen LogP contribution in [-0.2, 0) is 12.8 Å². The largest absolute Gasteiger partial charge is 0.382 e. The molecule has 2 heteroatoms. The van der Waals surface area contributed by atoms with E-state index < -0.39 is 0 Å². The summed E-state index contributed by atoms with van der Waals surface area (Å²) in [5.41, 5.74) is 5.43. The van der Waals surface area contributed by atoms with Crippen LogP contribution >= 0.6 is 0 Å². The van der Waals surface area contributed by atoms with Gasteiger partial charge in [-0.2, -0.15) is 0 Å². The van der Waals surface area contributed by atoms with Crippen molar-refractivity contribution in [2.45, 2.75) is 18.9 Å². The molecule has 0 saturated carbocycles. The van der Waals surface area contributed by atoms with Gasteiger partial charge in [0.1, 0.15) is 0 Å². The van der Waals surface area contributed by atoms with Gasteiger partial charge in [0.2, 0.25) is 0 Å². The van der Waals surface area contributed by atoms with Crippen molar-refractivity contribution in [1.82, 2.24) is 0 Å². The fourth-order valence-electron chi connectivity index (χ4n) is 2.75. The molecule has 0 spiro atoms. The predicted octanol–water partition coefficient (Wildman–Crippen LogP) is 3.33. The van der Waals surface area contributed by atoms with Crippen LogP contribution in [0.25, 0.3) is 0 Å². The van der Waals surface area contributed by atoms with Crippen molar-refractivity contribution in [3.63, 3.8) is 0 Å². The molecule has 0 aromatic heterocycles. The second kappa shape index (κ2) is 4.96. The number of benzene rings is 2. The van der Waals surface area contributed by atoms with Crippen LogP contribution in [0.1, 0.15) is 11.1 Å². The van der Waals surface area contributed by atoms with Gasteiger partial charge in [0.05, 0.1) is 0 Å². The Hall–Kier alpha value is -1.96. The second-order valence-electron chi connectivity index (χ2n) is 5.46. The molecule has 0 heterocycles. The summed E-state index contributed by atoms with van der Waals surface area (Å²) >= 11 is 0. The Kier molecular flexibility index (Phi) is 3.16. The van der Waals surface area contributed by atoms with Crippen LogP contribution in [0.3, 0.4) is 0 Å². The number of nitrogens with one attached hydrogen (secondary N) is 1. The molecule has 98 valence electrons. The molecule has 1 N–H and O–H groups in total. The van der Waals surface area contributed by atoms with Crippen molar-refractivity contribution < 1.29 is 0 Å². The zero-order chi connectivity index (χ0) is 13.2. The fourth-order valence-corrected chi connectivity index (χ4v) is 2.75. The van der Waals surface area contributed by atoms with Crippen LogP contribution in [0, 0.1) is 0 Å². The number of fused-ring (bicyclic) bond motifs is 1. The zero-order valence-corrected chi connectivity index (χ0v) is 11.6. The van der Waals surface area contributed by atoms with Gasteiger partial charge in [0.15, 0.2) is 0 Å². The van der Waals surface area contributed by atoms with E-state index in [4.69, 9.17) is 0 Å². The normalized spacial score (nSPS) is 14.2. The first-order valence-corrected chi connectivity index (χ1v) is 6.83. The van der Waals surface area contributed by atoms with Crippen LogP contribution in [0.4, 0.5) is 11.4 Å². The molecule has 0 fully saturated rings. The van der Waals surface area contributed by atoms with Crippen molar-refractivity contribution in [2.24, 2.45) is 0 Å². The number of anilines is 2. The Labute approximate surface area is 115 Å². The summed E-state index contributed by atoms with van der Waals surface area (Å²) in [5, 5.41) is 3.64. The summed E-state index contributed by atoms with van der Waals surface area (Å²) in [4.78, 5) is 2.12. The lowest BCUT2D eigenvalue weighted by Gasteiger charge is -2.16. The van der Waals surface area contributed by atoms with Gasteiger partial charge < -0.3 is 10.2 Å². The highest BCUT2D eigenvalue weighted by Crippen LogP contribution is 2.25. The fraction of sp³-hybridized carbons (Fsp3) is 0.294. The number of rotatable bonds is 3. The molecule has 0 saturated heterocycles. The summed E-state index contributed by atoms with van der Waals surface area (Å²) in [6, 6.07) is 17.9. The molecule has 0 amide bonds. The Bertz CT molecular complexity index is 533. The van der Waals surface area contributed by atoms with Gasteiger partial charge in [-0.3, -0.25) is 0 Å². The molecular formula is C17H20N2. The average Bonchev–Trinajstić information content (AvgIpc) is 2.81. The molecule has 1 aliphatic rings. The lowest BCUT2D eigenvalue weighted by atomic mass is 10.1. The molecule has 2 aromatic carbocycles. The van der Waals surface area contributed by atoms with Gasteiger partial charge >= 0.3 is 0 Å². The molecule has 0 aliphatic heterocycles. The summed E-state index contributed by atoms with van der Waals surface area (Å²) in [6.45, 7) is 0. The average molecular weight is 252 g/mol. The van der Waals surface area contributed by atoms with Crippen LogP contribution in [0.2, 0.25) is 0 Å². The first kappa shape index (κ1) is 12.1. The lowest BCUT2D eigenvalue weighted by molar-refractivity contribution is 0.774. The molecule has 0 radical (unpaired) electrons. The quantitative estimate of drug-likeness (QED) is 0.901. The number of nitrogens with zero attached hydrogens (tertiary/aromatic N) is 1. The molecule has 2 aromatic rings. The standard InChI is InChI=1S/C17H20N2/c1-19(2)17-9-7-15(8-10-17)18-16-11-13-5-3-4-6-14(13)12-16/h3-10,16,18H,11-12H2,1-2H3. The van der Waals surface area contributed by atoms with E-state index in [-0.39, 0.29) is 0 Å². The first-order valence-electron chi connectivity index (χ1n) is 6.83. The monoisotopic (exact) mass is 252 g/mol. The van der Waals surface area contributed by atoms with Gasteiger partial charge in [-0.05, 0) is 48.2 Å². The summed E-state index contributed by atoms with van der Waals surface area (Å²) in [7, 11) is 4.13. The Morgan fingerprint density at radius 2 is 1.47 bits per heavy atom. The van der Waals surface area contributed by atoms with Crippen LogP contribution in [0.5, 0.6) is 0 Å². The van der Waals surface area contributed by atoms with Crippen molar-refractivity contribution in [3.05, 3.63) is 59.7 Å². The molecule has 0 bridgehead atoms. The van der Waals surface area contributed by atoms with Crippen molar-refractivity contribution in [2.75, 3.05) is 24.3 Å². The van der Waals surface area contributed by atoms with Crippen LogP contribution in [-0.4, -0.2) is 20.1 Å². The molecule has 19 heavy (non-hydrogen) atoms. The van der Waals surface area contributed by atoms with E-state index in [0.29, 0.717) is 6.04 Å². The predicted molar refractivity (Wildman–Crippen MR) is 82.0 cm³/mol. The second-order valence-corrected chi connectivity index (χ2v) is 5.46. The Morgan fingerprint density at radius 3 is 2.00 bits per heavy atom. The van der Waals surface area contributed by atoms with Crippen molar-refractivity contribution in [3.8, 4) is 0 Å². The van der Waals surface area contributed by atoms with E-state index in [1.807, 2.05) is 0 Å². The van der Waals surface area contributed by atoms with E-state index in [0.717, 1.165) is 12.8 Å². The Balaban J connectivity index is 1.67. The highest BCUT2D eigenvalue weighted by molar-refractivity contribution is 5.55. The maximum absolute atomic E-state index is 3.64. The van der Waals surface area contributed by atoms with Crippen LogP contribution < -0.4 is 10.2 Å². The SMILES string of the molecule is CN(C)c1ccc(NC2Cc3ccccc3C2)cc1. The van der Waals surface area contributed by atoms with Gasteiger partial charge in [-0.15, -0.1) is 0 Å². The summed E-state index contributed by atoms with van der Waals surface area (Å²) in [5.74, 6) is 0. The molecule has 0 unspecified atom stereocenters. The van der Waals surface area contributed by atoms with Gasteiger partial charge in [-0.1, -0.05) is 24.3 Å². The minimum atomic E-state index is 0.530. The maximum atomic E-state index is 3.64. The van der Waals surface area contributed by atoms with E-state index >= 15 is 0 Å². The van der Waals surface area contributed by atoms with E-state index in [1.165, 1.54) is 22.5 Å². The third-order valence-electron chi connectivity index (χ3n) is 3.81. The minimum Gasteiger partial charge on any atom is -0.382 e. The number of hydrogen-bond acceptors (Lipinski definition) is 2. The smallest absolute Gasteiger partial charge is 0.0362 e. The molecule has 1 aliphatic carbocycles. The molecule has 2 nitrogen and oxygen atoms in total. The maximum Gasteiger partial charge on any atom is 0.0362 e. The van der Waals surface area contributed by atoms with Gasteiger partial charge in [-0.25, -0.2) is 0 Å². The molecule has 3 rings (SSSR count). The van der Waals surface area contributed by atoms with E-state index in [1.54, 1.807) is 0 Å². The Morgan fingerprint density at radius 1 is 0.895 bits per heavy atom. The van der Waals surface area contributed by atoms with Gasteiger partial charge in [0, 0.05) is 31.5 Å². The third-order valence-corrected chi connectivity index (χ3v) is 3.81. The minimum absolute atomic E-state index is 0.530. The third kappa shape index (κ3) is 2.58. The lowest BCUT2D eigenvalue weighted by Crippen LogP contribution is -2.19. The van der Waals surface area contributed by atoms with Gasteiger partial charge in [0.25, 0.3) is 0 Å². The summed E-state index contributed by atoms with van der Waals surface area (Å²) < 4.78 is 0. The first-order chi connectivity index (χ1) is 9.22. The summed E-state index contributed by atoms with van der Waals surface area (Å²) in [6.07, 6.45) is 2.26. The van der Waals surface area contributed by atoms with E-state index in [9.17, 15) is 0 Å². The molecule has 0 atom stereocenters.